The van der Waals surface area contributed by atoms with Crippen molar-refractivity contribution in [3.8, 4) is 16.2 Å². The Morgan fingerprint density at radius 2 is 1.91 bits per heavy atom. The molecule has 0 N–H and O–H groups in total. The van der Waals surface area contributed by atoms with Gasteiger partial charge in [0.25, 0.3) is 0 Å². The summed E-state index contributed by atoms with van der Waals surface area (Å²) in [5.41, 5.74) is -1.05. The summed E-state index contributed by atoms with van der Waals surface area (Å²) in [5.74, 6) is 0.768. The molecule has 5 heterocycles. The zero-order valence-corrected chi connectivity index (χ0v) is 26.1. The maximum atomic E-state index is 14.8. The molecule has 1 saturated heterocycles. The number of anilines is 1. The molecule has 0 aliphatic carbocycles. The first-order chi connectivity index (χ1) is 21.0. The van der Waals surface area contributed by atoms with E-state index in [9.17, 15) is 22.8 Å². The Kier molecular flexibility index (Phi) is 8.14. The molecule has 2 aliphatic heterocycles. The Hall–Kier alpha value is -3.55. The van der Waals surface area contributed by atoms with E-state index in [-0.39, 0.29) is 60.2 Å². The minimum absolute atomic E-state index is 0.00571. The Morgan fingerprint density at radius 1 is 1.20 bits per heavy atom. The van der Waals surface area contributed by atoms with Crippen molar-refractivity contribution >= 4 is 57.3 Å². The molecule has 4 aromatic rings. The molecule has 230 valence electrons. The van der Waals surface area contributed by atoms with Crippen LogP contribution >= 0.6 is 34.7 Å². The fraction of sp³-hybridized carbons (Fsp3) is 0.333. The van der Waals surface area contributed by atoms with E-state index in [2.05, 4.69) is 16.5 Å². The summed E-state index contributed by atoms with van der Waals surface area (Å²) in [7, 11) is 0. The second kappa shape index (κ2) is 11.8. The van der Waals surface area contributed by atoms with Gasteiger partial charge in [-0.05, 0) is 44.2 Å². The van der Waals surface area contributed by atoms with Gasteiger partial charge < -0.3 is 14.5 Å². The van der Waals surface area contributed by atoms with Gasteiger partial charge in [0.1, 0.15) is 18.2 Å². The first-order valence-electron chi connectivity index (χ1n) is 13.8. The van der Waals surface area contributed by atoms with Crippen molar-refractivity contribution < 1.29 is 22.7 Å². The third-order valence-electron chi connectivity index (χ3n) is 7.79. The lowest BCUT2D eigenvalue weighted by molar-refractivity contribution is -0.137. The molecule has 1 fully saturated rings. The van der Waals surface area contributed by atoms with Crippen molar-refractivity contribution in [3.05, 3.63) is 75.8 Å². The molecule has 1 amide bonds. The number of pyridine rings is 1. The van der Waals surface area contributed by atoms with E-state index in [0.29, 0.717) is 26.1 Å². The molecule has 0 unspecified atom stereocenters. The number of hydrogen-bond acceptors (Lipinski definition) is 8. The number of nitrogens with zero attached hydrogens (tertiary/aromatic N) is 5. The number of carbonyl (C=O) groups excluding carboxylic acids is 1. The van der Waals surface area contributed by atoms with Gasteiger partial charge in [-0.2, -0.15) is 18.2 Å². The summed E-state index contributed by atoms with van der Waals surface area (Å²) < 4.78 is 51.9. The average molecular weight is 662 g/mol. The van der Waals surface area contributed by atoms with Crippen LogP contribution in [0.2, 0.25) is 5.02 Å². The van der Waals surface area contributed by atoms with E-state index in [1.54, 1.807) is 39.7 Å². The van der Waals surface area contributed by atoms with Crippen LogP contribution in [0.4, 0.5) is 19.0 Å². The van der Waals surface area contributed by atoms with E-state index in [0.717, 1.165) is 17.4 Å². The quantitative estimate of drug-likeness (QED) is 0.218. The van der Waals surface area contributed by atoms with Gasteiger partial charge in [0, 0.05) is 69.4 Å². The summed E-state index contributed by atoms with van der Waals surface area (Å²) in [6, 6.07) is 4.88. The maximum Gasteiger partial charge on any atom is 0.417 e. The SMILES string of the molecule is C=CC(=O)N1[C@H](C)CN(c2nc(=O)n3c4c(c(-c5cc(Cl)cs5)c(C(F)(F)F)cc24)SC[C@@H]3COc2ccncc2)C[C@@H]1C. The van der Waals surface area contributed by atoms with Crippen molar-refractivity contribution in [2.45, 2.75) is 43.0 Å². The number of amides is 1. The second-order valence-corrected chi connectivity index (χ2v) is 13.1. The highest BCUT2D eigenvalue weighted by molar-refractivity contribution is 7.99. The van der Waals surface area contributed by atoms with Gasteiger partial charge in [-0.15, -0.1) is 23.1 Å². The highest BCUT2D eigenvalue weighted by Crippen LogP contribution is 2.51. The van der Waals surface area contributed by atoms with Crippen LogP contribution < -0.4 is 15.3 Å². The fourth-order valence-corrected chi connectivity index (χ4v) is 8.55. The van der Waals surface area contributed by atoms with Crippen LogP contribution in [0.5, 0.6) is 5.75 Å². The Morgan fingerprint density at radius 3 is 2.52 bits per heavy atom. The Bertz CT molecular complexity index is 1800. The molecular formula is C30H27ClF3N5O3S2. The largest absolute Gasteiger partial charge is 0.491 e. The number of ether oxygens (including phenoxy) is 1. The molecule has 8 nitrogen and oxygen atoms in total. The molecule has 0 spiro atoms. The predicted molar refractivity (Wildman–Crippen MR) is 167 cm³/mol. The number of rotatable bonds is 6. The summed E-state index contributed by atoms with van der Waals surface area (Å²) in [5, 5.41) is 2.13. The van der Waals surface area contributed by atoms with Crippen LogP contribution in [0.1, 0.15) is 25.5 Å². The normalized spacial score (nSPS) is 20.2. The summed E-state index contributed by atoms with van der Waals surface area (Å²) in [6.45, 7) is 7.94. The van der Waals surface area contributed by atoms with E-state index >= 15 is 0 Å². The van der Waals surface area contributed by atoms with Gasteiger partial charge in [0.15, 0.2) is 0 Å². The van der Waals surface area contributed by atoms with Crippen LogP contribution in [-0.4, -0.2) is 62.9 Å². The van der Waals surface area contributed by atoms with E-state index in [4.69, 9.17) is 16.3 Å². The molecule has 0 radical (unpaired) electrons. The Balaban J connectivity index is 1.57. The first-order valence-corrected chi connectivity index (χ1v) is 16.0. The molecule has 14 heteroatoms. The third kappa shape index (κ3) is 5.45. The number of alkyl halides is 3. The number of carbonyl (C=O) groups is 1. The van der Waals surface area contributed by atoms with Crippen molar-refractivity contribution in [1.82, 2.24) is 19.4 Å². The van der Waals surface area contributed by atoms with E-state index < -0.39 is 23.5 Å². The molecule has 3 atom stereocenters. The summed E-state index contributed by atoms with van der Waals surface area (Å²) in [4.78, 5) is 39.0. The van der Waals surface area contributed by atoms with Crippen molar-refractivity contribution in [2.75, 3.05) is 30.3 Å². The lowest BCUT2D eigenvalue weighted by Gasteiger charge is -2.45. The van der Waals surface area contributed by atoms with Crippen LogP contribution in [0.25, 0.3) is 21.3 Å². The average Bonchev–Trinajstić information content (AvgIpc) is 3.42. The van der Waals surface area contributed by atoms with Crippen molar-refractivity contribution in [3.63, 3.8) is 0 Å². The molecule has 3 aromatic heterocycles. The number of hydrogen-bond donors (Lipinski definition) is 0. The van der Waals surface area contributed by atoms with Gasteiger partial charge in [-0.1, -0.05) is 18.2 Å². The number of thiophene rings is 1. The molecular weight excluding hydrogens is 635 g/mol. The van der Waals surface area contributed by atoms with E-state index in [1.807, 2.05) is 13.8 Å². The minimum Gasteiger partial charge on any atom is -0.491 e. The van der Waals surface area contributed by atoms with Crippen molar-refractivity contribution in [1.29, 1.82) is 0 Å². The van der Waals surface area contributed by atoms with Crippen LogP contribution in [0.3, 0.4) is 0 Å². The van der Waals surface area contributed by atoms with Gasteiger partial charge in [-0.25, -0.2) is 4.79 Å². The molecule has 0 bridgehead atoms. The second-order valence-electron chi connectivity index (χ2n) is 10.8. The maximum absolute atomic E-state index is 14.8. The zero-order valence-electron chi connectivity index (χ0n) is 23.7. The Labute approximate surface area is 264 Å². The number of aromatic nitrogens is 3. The minimum atomic E-state index is -4.70. The monoisotopic (exact) mass is 661 g/mol. The lowest BCUT2D eigenvalue weighted by atomic mass is 10.00. The molecule has 0 saturated carbocycles. The summed E-state index contributed by atoms with van der Waals surface area (Å²) in [6.07, 6.45) is -0.285. The number of benzene rings is 1. The molecule has 6 rings (SSSR count). The number of piperazine rings is 1. The summed E-state index contributed by atoms with van der Waals surface area (Å²) >= 11 is 8.55. The number of halogens is 4. The lowest BCUT2D eigenvalue weighted by Crippen LogP contribution is -2.58. The third-order valence-corrected chi connectivity index (χ3v) is 10.3. The standard InChI is InChI=1S/C30H27ClF3N5O3S2/c1-4-24(40)38-16(2)11-37(12-17(38)3)28-21-10-22(30(32,33)34)25(23-9-18(31)14-43-23)27-26(21)39(29(41)36-28)19(15-44-27)13-42-20-5-7-35-8-6-20/h4-10,14,16-17,19H,1,11-13,15H2,2-3H3/t16-,17+,19-/m0/s1. The number of thioether (sulfide) groups is 1. The zero-order chi connectivity index (χ0) is 31.3. The van der Waals surface area contributed by atoms with Gasteiger partial charge in [0.2, 0.25) is 5.91 Å². The van der Waals surface area contributed by atoms with Crippen LogP contribution in [0.15, 0.2) is 64.4 Å². The molecule has 44 heavy (non-hydrogen) atoms. The highest BCUT2D eigenvalue weighted by atomic mass is 35.5. The fourth-order valence-electron chi connectivity index (χ4n) is 6.03. The smallest absolute Gasteiger partial charge is 0.417 e. The predicted octanol–water partition coefficient (Wildman–Crippen LogP) is 6.53. The van der Waals surface area contributed by atoms with Crippen LogP contribution in [0, 0.1) is 0 Å². The molecule has 2 aliphatic rings. The van der Waals surface area contributed by atoms with E-state index in [1.165, 1.54) is 28.5 Å². The van der Waals surface area contributed by atoms with Crippen LogP contribution in [-0.2, 0) is 11.0 Å². The van der Waals surface area contributed by atoms with Gasteiger partial charge >= 0.3 is 11.9 Å². The van der Waals surface area contributed by atoms with Gasteiger partial charge in [-0.3, -0.25) is 14.3 Å². The molecule has 1 aromatic carbocycles. The van der Waals surface area contributed by atoms with Crippen molar-refractivity contribution in [2.24, 2.45) is 0 Å². The first kappa shape index (κ1) is 30.5. The highest BCUT2D eigenvalue weighted by Gasteiger charge is 2.41. The van der Waals surface area contributed by atoms with Gasteiger partial charge in [0.05, 0.1) is 22.1 Å². The topological polar surface area (TPSA) is 80.6 Å².